The molecule has 0 spiro atoms. The molecule has 2 aliphatic heterocycles. The summed E-state index contributed by atoms with van der Waals surface area (Å²) in [6.45, 7) is 7.92. The molecule has 4 rings (SSSR count). The number of hydrogen-bond acceptors (Lipinski definition) is 3. The van der Waals surface area contributed by atoms with E-state index in [9.17, 15) is 0 Å². The van der Waals surface area contributed by atoms with Gasteiger partial charge >= 0.3 is 0 Å². The lowest BCUT2D eigenvalue weighted by Gasteiger charge is -2.39. The van der Waals surface area contributed by atoms with Gasteiger partial charge in [0.05, 0.1) is 11.4 Å². The van der Waals surface area contributed by atoms with Gasteiger partial charge in [-0.05, 0) is 55.8 Å². The van der Waals surface area contributed by atoms with E-state index in [-0.39, 0.29) is 0 Å². The van der Waals surface area contributed by atoms with Crippen molar-refractivity contribution in [3.63, 3.8) is 0 Å². The van der Waals surface area contributed by atoms with Crippen molar-refractivity contribution in [2.24, 2.45) is 0 Å². The number of rotatable bonds is 5. The third-order valence-electron chi connectivity index (χ3n) is 5.35. The highest BCUT2D eigenvalue weighted by molar-refractivity contribution is 6.30. The predicted octanol–water partition coefficient (Wildman–Crippen LogP) is 4.26. The highest BCUT2D eigenvalue weighted by atomic mass is 35.5. The molecule has 4 heteroatoms. The Morgan fingerprint density at radius 1 is 0.760 bits per heavy atom. The van der Waals surface area contributed by atoms with E-state index in [0.717, 1.165) is 31.2 Å². The summed E-state index contributed by atoms with van der Waals surface area (Å²) in [5, 5.41) is 0.815. The van der Waals surface area contributed by atoms with Crippen LogP contribution in [0, 0.1) is 0 Å². The fraction of sp³-hybridized carbons (Fsp3) is 0.429. The molecule has 2 heterocycles. The molecule has 0 aliphatic carbocycles. The first-order valence-electron chi connectivity index (χ1n) is 9.35. The summed E-state index contributed by atoms with van der Waals surface area (Å²) < 4.78 is 0. The van der Waals surface area contributed by atoms with Crippen molar-refractivity contribution in [2.45, 2.75) is 19.4 Å². The Labute approximate surface area is 155 Å². The maximum atomic E-state index is 6.16. The lowest BCUT2D eigenvalue weighted by molar-refractivity contribution is 0.344. The van der Waals surface area contributed by atoms with Gasteiger partial charge in [-0.25, -0.2) is 0 Å². The van der Waals surface area contributed by atoms with Crippen LogP contribution in [-0.4, -0.2) is 44.2 Å². The molecule has 0 bridgehead atoms. The molecule has 0 saturated carbocycles. The van der Waals surface area contributed by atoms with Crippen LogP contribution in [0.4, 0.5) is 11.4 Å². The lowest BCUT2D eigenvalue weighted by atomic mass is 10.1. The molecule has 0 unspecified atom stereocenters. The van der Waals surface area contributed by atoms with Crippen LogP contribution < -0.4 is 9.80 Å². The average Bonchev–Trinajstić information content (AvgIpc) is 3.15. The van der Waals surface area contributed by atoms with Crippen LogP contribution in [0.3, 0.4) is 0 Å². The molecular formula is C21H26ClN3. The zero-order chi connectivity index (χ0) is 17.1. The van der Waals surface area contributed by atoms with Crippen molar-refractivity contribution < 1.29 is 0 Å². The fourth-order valence-electron chi connectivity index (χ4n) is 4.00. The van der Waals surface area contributed by atoms with Gasteiger partial charge in [-0.2, -0.15) is 0 Å². The van der Waals surface area contributed by atoms with Crippen LogP contribution in [0.25, 0.3) is 0 Å². The van der Waals surface area contributed by atoms with Crippen molar-refractivity contribution in [2.75, 3.05) is 49.1 Å². The molecule has 3 nitrogen and oxygen atoms in total. The number of halogens is 1. The van der Waals surface area contributed by atoms with Gasteiger partial charge in [-0.1, -0.05) is 35.9 Å². The second-order valence-electron chi connectivity index (χ2n) is 7.08. The van der Waals surface area contributed by atoms with Gasteiger partial charge in [0, 0.05) is 37.7 Å². The predicted molar refractivity (Wildman–Crippen MR) is 107 cm³/mol. The highest BCUT2D eigenvalue weighted by Gasteiger charge is 2.23. The average molecular weight is 356 g/mol. The first-order chi connectivity index (χ1) is 12.3. The van der Waals surface area contributed by atoms with Crippen LogP contribution in [0.1, 0.15) is 18.4 Å². The molecule has 2 aromatic rings. The third kappa shape index (κ3) is 3.94. The minimum absolute atomic E-state index is 0.815. The molecular weight excluding hydrogens is 330 g/mol. The zero-order valence-electron chi connectivity index (χ0n) is 14.7. The van der Waals surface area contributed by atoms with Crippen molar-refractivity contribution in [3.05, 3.63) is 59.1 Å². The van der Waals surface area contributed by atoms with Gasteiger partial charge in [-0.15, -0.1) is 0 Å². The molecule has 2 aliphatic rings. The van der Waals surface area contributed by atoms with Crippen molar-refractivity contribution in [1.29, 1.82) is 0 Å². The summed E-state index contributed by atoms with van der Waals surface area (Å²) in [4.78, 5) is 7.64. The van der Waals surface area contributed by atoms with Gasteiger partial charge in [0.15, 0.2) is 0 Å². The standard InChI is InChI=1S/C21H26ClN3/c22-19-7-5-6-18(16-19)17-25-15-14-24(13-12-23-10-3-4-11-23)20-8-1-2-9-21(20)25/h1-2,5-9,16H,3-4,10-15,17H2. The van der Waals surface area contributed by atoms with Gasteiger partial charge in [0.2, 0.25) is 0 Å². The topological polar surface area (TPSA) is 9.72 Å². The number of benzene rings is 2. The molecule has 1 fully saturated rings. The fourth-order valence-corrected chi connectivity index (χ4v) is 4.21. The Balaban J connectivity index is 1.48. The Morgan fingerprint density at radius 2 is 1.48 bits per heavy atom. The summed E-state index contributed by atoms with van der Waals surface area (Å²) in [6.07, 6.45) is 2.73. The summed E-state index contributed by atoms with van der Waals surface area (Å²) >= 11 is 6.16. The Bertz CT molecular complexity index is 712. The Hall–Kier alpha value is -1.71. The summed E-state index contributed by atoms with van der Waals surface area (Å²) in [5.41, 5.74) is 3.98. The smallest absolute Gasteiger partial charge is 0.0607 e. The molecule has 0 atom stereocenters. The minimum atomic E-state index is 0.815. The Morgan fingerprint density at radius 3 is 2.24 bits per heavy atom. The van der Waals surface area contributed by atoms with E-state index in [1.54, 1.807) is 0 Å². The monoisotopic (exact) mass is 355 g/mol. The highest BCUT2D eigenvalue weighted by Crippen LogP contribution is 2.33. The molecule has 2 aromatic carbocycles. The Kier molecular flexibility index (Phi) is 5.14. The number of hydrogen-bond donors (Lipinski definition) is 0. The first-order valence-corrected chi connectivity index (χ1v) is 9.73. The van der Waals surface area contributed by atoms with E-state index in [4.69, 9.17) is 11.6 Å². The molecule has 132 valence electrons. The maximum absolute atomic E-state index is 6.16. The molecule has 1 saturated heterocycles. The summed E-state index contributed by atoms with van der Waals surface area (Å²) in [6, 6.07) is 17.0. The lowest BCUT2D eigenvalue weighted by Crippen LogP contribution is -2.43. The third-order valence-corrected chi connectivity index (χ3v) is 5.59. The van der Waals surface area contributed by atoms with Crippen LogP contribution in [-0.2, 0) is 6.54 Å². The van der Waals surface area contributed by atoms with Crippen LogP contribution in [0.15, 0.2) is 48.5 Å². The van der Waals surface area contributed by atoms with Gasteiger partial charge in [0.1, 0.15) is 0 Å². The van der Waals surface area contributed by atoms with Crippen molar-refractivity contribution >= 4 is 23.0 Å². The second kappa shape index (κ2) is 7.67. The van der Waals surface area contributed by atoms with E-state index in [1.807, 2.05) is 12.1 Å². The van der Waals surface area contributed by atoms with E-state index in [2.05, 4.69) is 51.1 Å². The summed E-state index contributed by atoms with van der Waals surface area (Å²) in [7, 11) is 0. The van der Waals surface area contributed by atoms with E-state index < -0.39 is 0 Å². The van der Waals surface area contributed by atoms with Gasteiger partial charge in [0.25, 0.3) is 0 Å². The quantitative estimate of drug-likeness (QED) is 0.793. The van der Waals surface area contributed by atoms with Crippen molar-refractivity contribution in [3.8, 4) is 0 Å². The molecule has 0 aromatic heterocycles. The maximum Gasteiger partial charge on any atom is 0.0607 e. The van der Waals surface area contributed by atoms with Crippen molar-refractivity contribution in [1.82, 2.24) is 4.90 Å². The van der Waals surface area contributed by atoms with E-state index in [0.29, 0.717) is 0 Å². The molecule has 0 amide bonds. The molecule has 0 N–H and O–H groups in total. The van der Waals surface area contributed by atoms with Crippen LogP contribution >= 0.6 is 11.6 Å². The van der Waals surface area contributed by atoms with Gasteiger partial charge < -0.3 is 14.7 Å². The van der Waals surface area contributed by atoms with Crippen LogP contribution in [0.2, 0.25) is 5.02 Å². The number of likely N-dealkylation sites (tertiary alicyclic amines) is 1. The molecule has 0 radical (unpaired) electrons. The number of anilines is 2. The molecule has 25 heavy (non-hydrogen) atoms. The normalized spacial score (nSPS) is 17.8. The van der Waals surface area contributed by atoms with Gasteiger partial charge in [-0.3, -0.25) is 0 Å². The van der Waals surface area contributed by atoms with Crippen LogP contribution in [0.5, 0.6) is 0 Å². The van der Waals surface area contributed by atoms with E-state index in [1.165, 1.54) is 49.4 Å². The second-order valence-corrected chi connectivity index (χ2v) is 7.51. The largest absolute Gasteiger partial charge is 0.367 e. The first kappa shape index (κ1) is 16.7. The summed E-state index contributed by atoms with van der Waals surface area (Å²) in [5.74, 6) is 0. The zero-order valence-corrected chi connectivity index (χ0v) is 15.5. The number of nitrogens with zero attached hydrogens (tertiary/aromatic N) is 3. The number of para-hydroxylation sites is 2. The number of fused-ring (bicyclic) bond motifs is 1. The van der Waals surface area contributed by atoms with E-state index >= 15 is 0 Å². The minimum Gasteiger partial charge on any atom is -0.367 e. The SMILES string of the molecule is Clc1cccc(CN2CCN(CCN3CCCC3)c3ccccc32)c1.